The average molecular weight is 326 g/mol. The summed E-state index contributed by atoms with van der Waals surface area (Å²) >= 11 is 0. The van der Waals surface area contributed by atoms with E-state index in [2.05, 4.69) is 10.6 Å². The van der Waals surface area contributed by atoms with Crippen molar-refractivity contribution in [2.75, 3.05) is 19.7 Å². The van der Waals surface area contributed by atoms with E-state index >= 15 is 0 Å². The Morgan fingerprint density at radius 2 is 1.54 bits per heavy atom. The van der Waals surface area contributed by atoms with Gasteiger partial charge in [0.2, 0.25) is 0 Å². The maximum atomic E-state index is 12.0. The van der Waals surface area contributed by atoms with Crippen LogP contribution in [0.5, 0.6) is 5.75 Å². The van der Waals surface area contributed by atoms with Gasteiger partial charge in [0.05, 0.1) is 6.61 Å². The molecule has 0 saturated carbocycles. The number of aryl methyl sites for hydroxylation is 1. The highest BCUT2D eigenvalue weighted by Gasteiger charge is 2.08. The third-order valence-corrected chi connectivity index (χ3v) is 3.51. The van der Waals surface area contributed by atoms with Gasteiger partial charge in [-0.15, -0.1) is 0 Å². The van der Waals surface area contributed by atoms with Crippen LogP contribution in [0.1, 0.15) is 33.2 Å². The predicted octanol–water partition coefficient (Wildman–Crippen LogP) is 2.55. The molecule has 2 aromatic carbocycles. The quantitative estimate of drug-likeness (QED) is 0.769. The van der Waals surface area contributed by atoms with E-state index in [0.717, 1.165) is 11.3 Å². The van der Waals surface area contributed by atoms with Crippen LogP contribution in [0, 0.1) is 6.92 Å². The topological polar surface area (TPSA) is 67.4 Å². The maximum absolute atomic E-state index is 12.0. The number of amides is 2. The maximum Gasteiger partial charge on any atom is 0.251 e. The minimum Gasteiger partial charge on any atom is -0.494 e. The Morgan fingerprint density at radius 3 is 2.17 bits per heavy atom. The van der Waals surface area contributed by atoms with Gasteiger partial charge >= 0.3 is 0 Å². The summed E-state index contributed by atoms with van der Waals surface area (Å²) in [6, 6.07) is 14.3. The molecule has 0 saturated heterocycles. The lowest BCUT2D eigenvalue weighted by molar-refractivity contribution is 0.0927. The van der Waals surface area contributed by atoms with E-state index in [0.29, 0.717) is 30.8 Å². The second-order valence-electron chi connectivity index (χ2n) is 5.28. The van der Waals surface area contributed by atoms with E-state index in [9.17, 15) is 9.59 Å². The molecule has 0 aliphatic heterocycles. The van der Waals surface area contributed by atoms with Gasteiger partial charge in [-0.3, -0.25) is 9.59 Å². The molecule has 2 rings (SSSR count). The second-order valence-corrected chi connectivity index (χ2v) is 5.28. The highest BCUT2D eigenvalue weighted by molar-refractivity contribution is 5.96. The monoisotopic (exact) mass is 326 g/mol. The van der Waals surface area contributed by atoms with Gasteiger partial charge in [-0.25, -0.2) is 0 Å². The van der Waals surface area contributed by atoms with Gasteiger partial charge < -0.3 is 15.4 Å². The zero-order chi connectivity index (χ0) is 17.4. The number of rotatable bonds is 7. The zero-order valence-electron chi connectivity index (χ0n) is 14.0. The number of nitrogens with one attached hydrogen (secondary N) is 2. The molecular formula is C19H22N2O3. The molecule has 0 bridgehead atoms. The molecule has 2 amide bonds. The van der Waals surface area contributed by atoms with Crippen molar-refractivity contribution in [2.24, 2.45) is 0 Å². The summed E-state index contributed by atoms with van der Waals surface area (Å²) in [4.78, 5) is 24.1. The number of carbonyl (C=O) groups excluding carboxylic acids is 2. The summed E-state index contributed by atoms with van der Waals surface area (Å²) < 4.78 is 5.34. The standard InChI is InChI=1S/C19H22N2O3/c1-3-24-16-10-8-15(9-11-16)18(22)20-12-13-21-19(23)17-7-5-4-6-14(17)2/h4-11H,3,12-13H2,1-2H3,(H,20,22)(H,21,23). The molecule has 5 heteroatoms. The molecule has 0 spiro atoms. The zero-order valence-corrected chi connectivity index (χ0v) is 14.0. The molecule has 0 aromatic heterocycles. The van der Waals surface area contributed by atoms with Crippen molar-refractivity contribution in [3.63, 3.8) is 0 Å². The molecule has 5 nitrogen and oxygen atoms in total. The minimum atomic E-state index is -0.178. The fraction of sp³-hybridized carbons (Fsp3) is 0.263. The summed E-state index contributed by atoms with van der Waals surface area (Å²) in [6.45, 7) is 5.13. The van der Waals surface area contributed by atoms with Crippen molar-refractivity contribution < 1.29 is 14.3 Å². The van der Waals surface area contributed by atoms with Crippen molar-refractivity contribution >= 4 is 11.8 Å². The molecule has 0 unspecified atom stereocenters. The fourth-order valence-electron chi connectivity index (χ4n) is 2.25. The number of hydrogen-bond acceptors (Lipinski definition) is 3. The summed E-state index contributed by atoms with van der Waals surface area (Å²) in [5, 5.41) is 5.58. The van der Waals surface area contributed by atoms with Gasteiger partial charge in [0.1, 0.15) is 5.75 Å². The van der Waals surface area contributed by atoms with Gasteiger partial charge in [0.15, 0.2) is 0 Å². The number of carbonyl (C=O) groups is 2. The SMILES string of the molecule is CCOc1ccc(C(=O)NCCNC(=O)c2ccccc2C)cc1. The van der Waals surface area contributed by atoms with Crippen molar-refractivity contribution in [3.05, 3.63) is 65.2 Å². The molecule has 0 aliphatic carbocycles. The van der Waals surface area contributed by atoms with E-state index in [1.165, 1.54) is 0 Å². The summed E-state index contributed by atoms with van der Waals surface area (Å²) in [7, 11) is 0. The highest BCUT2D eigenvalue weighted by Crippen LogP contribution is 2.11. The third-order valence-electron chi connectivity index (χ3n) is 3.51. The largest absolute Gasteiger partial charge is 0.494 e. The Bertz CT molecular complexity index is 696. The van der Waals surface area contributed by atoms with Crippen molar-refractivity contribution in [1.29, 1.82) is 0 Å². The molecule has 2 aromatic rings. The van der Waals surface area contributed by atoms with Gasteiger partial charge in [-0.05, 0) is 49.7 Å². The van der Waals surface area contributed by atoms with Gasteiger partial charge in [0.25, 0.3) is 11.8 Å². The Labute approximate surface area is 142 Å². The van der Waals surface area contributed by atoms with Crippen LogP contribution >= 0.6 is 0 Å². The van der Waals surface area contributed by atoms with Crippen molar-refractivity contribution in [1.82, 2.24) is 10.6 Å². The molecule has 126 valence electrons. The van der Waals surface area contributed by atoms with Crippen LogP contribution in [0.15, 0.2) is 48.5 Å². The Balaban J connectivity index is 1.76. The van der Waals surface area contributed by atoms with Crippen LogP contribution in [0.25, 0.3) is 0 Å². The molecule has 0 atom stereocenters. The predicted molar refractivity (Wildman–Crippen MR) is 93.5 cm³/mol. The lowest BCUT2D eigenvalue weighted by atomic mass is 10.1. The van der Waals surface area contributed by atoms with Gasteiger partial charge in [-0.2, -0.15) is 0 Å². The number of benzene rings is 2. The van der Waals surface area contributed by atoms with Gasteiger partial charge in [0, 0.05) is 24.2 Å². The summed E-state index contributed by atoms with van der Waals surface area (Å²) in [5.41, 5.74) is 2.13. The average Bonchev–Trinajstić information content (AvgIpc) is 2.59. The highest BCUT2D eigenvalue weighted by atomic mass is 16.5. The molecule has 0 heterocycles. The molecule has 0 fully saturated rings. The first-order chi connectivity index (χ1) is 11.6. The molecule has 24 heavy (non-hydrogen) atoms. The lowest BCUT2D eigenvalue weighted by Gasteiger charge is -2.09. The fourth-order valence-corrected chi connectivity index (χ4v) is 2.25. The van der Waals surface area contributed by atoms with E-state index < -0.39 is 0 Å². The van der Waals surface area contributed by atoms with E-state index in [1.54, 1.807) is 30.3 Å². The first-order valence-corrected chi connectivity index (χ1v) is 7.96. The van der Waals surface area contributed by atoms with Crippen molar-refractivity contribution in [2.45, 2.75) is 13.8 Å². The smallest absolute Gasteiger partial charge is 0.251 e. The third kappa shape index (κ3) is 4.84. The van der Waals surface area contributed by atoms with E-state index in [1.807, 2.05) is 32.0 Å². The van der Waals surface area contributed by atoms with Crippen LogP contribution < -0.4 is 15.4 Å². The lowest BCUT2D eigenvalue weighted by Crippen LogP contribution is -2.34. The number of hydrogen-bond donors (Lipinski definition) is 2. The molecular weight excluding hydrogens is 304 g/mol. The first-order valence-electron chi connectivity index (χ1n) is 7.96. The van der Waals surface area contributed by atoms with Crippen LogP contribution in [0.3, 0.4) is 0 Å². The normalized spacial score (nSPS) is 10.1. The Hall–Kier alpha value is -2.82. The Morgan fingerprint density at radius 1 is 0.917 bits per heavy atom. The van der Waals surface area contributed by atoms with Crippen LogP contribution in [0.2, 0.25) is 0 Å². The molecule has 2 N–H and O–H groups in total. The second kappa shape index (κ2) is 8.72. The van der Waals surface area contributed by atoms with Crippen LogP contribution in [-0.4, -0.2) is 31.5 Å². The van der Waals surface area contributed by atoms with Gasteiger partial charge in [-0.1, -0.05) is 18.2 Å². The van der Waals surface area contributed by atoms with Crippen molar-refractivity contribution in [3.8, 4) is 5.75 Å². The Kier molecular flexibility index (Phi) is 6.37. The first kappa shape index (κ1) is 17.5. The number of ether oxygens (including phenoxy) is 1. The molecule has 0 aliphatic rings. The molecule has 0 radical (unpaired) electrons. The van der Waals surface area contributed by atoms with E-state index in [4.69, 9.17) is 4.74 Å². The van der Waals surface area contributed by atoms with E-state index in [-0.39, 0.29) is 11.8 Å². The van der Waals surface area contributed by atoms with Crippen LogP contribution in [0.4, 0.5) is 0 Å². The summed E-state index contributed by atoms with van der Waals surface area (Å²) in [6.07, 6.45) is 0. The minimum absolute atomic E-state index is 0.136. The summed E-state index contributed by atoms with van der Waals surface area (Å²) in [5.74, 6) is 0.422. The van der Waals surface area contributed by atoms with Crippen LogP contribution in [-0.2, 0) is 0 Å².